The Morgan fingerprint density at radius 1 is 1.33 bits per heavy atom. The molecule has 1 amide bonds. The quantitative estimate of drug-likeness (QED) is 0.818. The minimum atomic E-state index is -3.63. The van der Waals surface area contributed by atoms with Crippen LogP contribution in [0, 0.1) is 5.82 Å². The lowest BCUT2D eigenvalue weighted by Crippen LogP contribution is -2.47. The fourth-order valence-corrected chi connectivity index (χ4v) is 3.42. The van der Waals surface area contributed by atoms with Crippen molar-refractivity contribution >= 4 is 15.9 Å². The summed E-state index contributed by atoms with van der Waals surface area (Å²) in [5.41, 5.74) is 0.245. The van der Waals surface area contributed by atoms with Crippen LogP contribution in [0.3, 0.4) is 0 Å². The van der Waals surface area contributed by atoms with Gasteiger partial charge in [-0.25, -0.2) is 12.8 Å². The van der Waals surface area contributed by atoms with E-state index in [0.29, 0.717) is 0 Å². The molecule has 134 valence electrons. The Hall–Kier alpha value is -1.51. The van der Waals surface area contributed by atoms with Crippen LogP contribution in [0.1, 0.15) is 18.4 Å². The number of nitrogens with zero attached hydrogens (tertiary/aromatic N) is 2. The van der Waals surface area contributed by atoms with Crippen molar-refractivity contribution in [2.45, 2.75) is 25.4 Å². The number of carbonyl (C=O) groups excluding carboxylic acids is 1. The van der Waals surface area contributed by atoms with Crippen LogP contribution in [0.2, 0.25) is 0 Å². The second-order valence-corrected chi connectivity index (χ2v) is 8.25. The highest BCUT2D eigenvalue weighted by Crippen LogP contribution is 2.13. The fraction of sp³-hybridized carbons (Fsp3) is 0.562. The molecule has 0 saturated carbocycles. The van der Waals surface area contributed by atoms with Crippen molar-refractivity contribution in [3.63, 3.8) is 0 Å². The van der Waals surface area contributed by atoms with E-state index in [1.54, 1.807) is 6.07 Å². The number of hydrogen-bond donors (Lipinski definition) is 1. The number of benzene rings is 1. The smallest absolute Gasteiger partial charge is 0.235 e. The molecule has 0 spiro atoms. The Kier molecular flexibility index (Phi) is 6.31. The van der Waals surface area contributed by atoms with E-state index < -0.39 is 15.8 Å². The van der Waals surface area contributed by atoms with Gasteiger partial charge in [-0.2, -0.15) is 4.31 Å². The van der Waals surface area contributed by atoms with E-state index in [1.807, 2.05) is 7.05 Å². The Morgan fingerprint density at radius 2 is 1.96 bits per heavy atom. The Morgan fingerprint density at radius 3 is 2.54 bits per heavy atom. The van der Waals surface area contributed by atoms with E-state index in [9.17, 15) is 17.6 Å². The molecule has 1 aliphatic heterocycles. The SMILES string of the molecule is CN1CCC(NC(=O)CN(Cc2ccccc2F)S(C)(=O)=O)CC1. The zero-order valence-electron chi connectivity index (χ0n) is 14.0. The van der Waals surface area contributed by atoms with Gasteiger partial charge in [-0.3, -0.25) is 4.79 Å². The molecule has 6 nitrogen and oxygen atoms in total. The highest BCUT2D eigenvalue weighted by molar-refractivity contribution is 7.88. The van der Waals surface area contributed by atoms with Gasteiger partial charge >= 0.3 is 0 Å². The summed E-state index contributed by atoms with van der Waals surface area (Å²) in [5, 5.41) is 2.88. The summed E-state index contributed by atoms with van der Waals surface area (Å²) in [7, 11) is -1.60. The number of hydrogen-bond acceptors (Lipinski definition) is 4. The topological polar surface area (TPSA) is 69.7 Å². The van der Waals surface area contributed by atoms with Gasteiger partial charge in [0, 0.05) is 18.2 Å². The molecule has 1 aliphatic rings. The van der Waals surface area contributed by atoms with Gasteiger partial charge in [0.2, 0.25) is 15.9 Å². The number of carbonyl (C=O) groups is 1. The van der Waals surface area contributed by atoms with Crippen molar-refractivity contribution in [2.75, 3.05) is 32.9 Å². The molecule has 1 fully saturated rings. The number of halogens is 1. The number of rotatable bonds is 6. The van der Waals surface area contributed by atoms with Crippen molar-refractivity contribution in [1.29, 1.82) is 0 Å². The number of sulfonamides is 1. The van der Waals surface area contributed by atoms with Gasteiger partial charge in [0.1, 0.15) is 5.82 Å². The molecule has 2 rings (SSSR count). The summed E-state index contributed by atoms with van der Waals surface area (Å²) >= 11 is 0. The molecule has 24 heavy (non-hydrogen) atoms. The average Bonchev–Trinajstić information content (AvgIpc) is 2.50. The normalized spacial score (nSPS) is 17.2. The van der Waals surface area contributed by atoms with E-state index in [1.165, 1.54) is 18.2 Å². The third-order valence-electron chi connectivity index (χ3n) is 4.18. The van der Waals surface area contributed by atoms with Crippen LogP contribution in [0.15, 0.2) is 24.3 Å². The van der Waals surface area contributed by atoms with Crippen LogP contribution >= 0.6 is 0 Å². The van der Waals surface area contributed by atoms with Crippen LogP contribution in [0.4, 0.5) is 4.39 Å². The van der Waals surface area contributed by atoms with Gasteiger partial charge < -0.3 is 10.2 Å². The highest BCUT2D eigenvalue weighted by atomic mass is 32.2. The van der Waals surface area contributed by atoms with Gasteiger partial charge in [-0.1, -0.05) is 18.2 Å². The molecular weight excluding hydrogens is 333 g/mol. The van der Waals surface area contributed by atoms with Crippen LogP contribution in [-0.4, -0.2) is 62.5 Å². The standard InChI is InChI=1S/C16H24FN3O3S/c1-19-9-7-14(8-10-19)18-16(21)12-20(24(2,22)23)11-13-5-3-4-6-15(13)17/h3-6,14H,7-12H2,1-2H3,(H,18,21). The third kappa shape index (κ3) is 5.54. The summed E-state index contributed by atoms with van der Waals surface area (Å²) < 4.78 is 38.6. The lowest BCUT2D eigenvalue weighted by molar-refractivity contribution is -0.122. The predicted molar refractivity (Wildman–Crippen MR) is 90.3 cm³/mol. The molecule has 8 heteroatoms. The molecule has 1 aromatic rings. The first-order chi connectivity index (χ1) is 11.3. The molecule has 1 N–H and O–H groups in total. The van der Waals surface area contributed by atoms with E-state index in [0.717, 1.165) is 36.5 Å². The molecule has 0 unspecified atom stereocenters. The largest absolute Gasteiger partial charge is 0.352 e. The molecular formula is C16H24FN3O3S. The molecule has 0 bridgehead atoms. The lowest BCUT2D eigenvalue weighted by atomic mass is 10.1. The van der Waals surface area contributed by atoms with Crippen molar-refractivity contribution in [1.82, 2.24) is 14.5 Å². The average molecular weight is 357 g/mol. The zero-order valence-corrected chi connectivity index (χ0v) is 14.9. The first-order valence-corrected chi connectivity index (χ1v) is 9.77. The molecule has 0 aliphatic carbocycles. The van der Waals surface area contributed by atoms with Crippen LogP contribution < -0.4 is 5.32 Å². The van der Waals surface area contributed by atoms with E-state index in [-0.39, 0.29) is 30.6 Å². The fourth-order valence-electron chi connectivity index (χ4n) is 2.69. The zero-order chi connectivity index (χ0) is 17.7. The lowest BCUT2D eigenvalue weighted by Gasteiger charge is -2.30. The molecule has 1 saturated heterocycles. The summed E-state index contributed by atoms with van der Waals surface area (Å²) in [6.45, 7) is 1.33. The number of nitrogens with one attached hydrogen (secondary N) is 1. The second kappa shape index (κ2) is 8.04. The van der Waals surface area contributed by atoms with Crippen molar-refractivity contribution < 1.29 is 17.6 Å². The number of piperidine rings is 1. The number of likely N-dealkylation sites (tertiary alicyclic amines) is 1. The van der Waals surface area contributed by atoms with Gasteiger partial charge in [-0.15, -0.1) is 0 Å². The first kappa shape index (κ1) is 18.8. The maximum Gasteiger partial charge on any atom is 0.235 e. The van der Waals surface area contributed by atoms with Crippen LogP contribution in [0.5, 0.6) is 0 Å². The summed E-state index contributed by atoms with van der Waals surface area (Å²) in [4.78, 5) is 14.4. The molecule has 0 aromatic heterocycles. The monoisotopic (exact) mass is 357 g/mol. The van der Waals surface area contributed by atoms with E-state index in [2.05, 4.69) is 10.2 Å². The van der Waals surface area contributed by atoms with Gasteiger partial charge in [-0.05, 0) is 39.0 Å². The summed E-state index contributed by atoms with van der Waals surface area (Å²) in [6, 6.07) is 6.02. The summed E-state index contributed by atoms with van der Waals surface area (Å²) in [5.74, 6) is -0.840. The van der Waals surface area contributed by atoms with Gasteiger partial charge in [0.25, 0.3) is 0 Å². The van der Waals surface area contributed by atoms with Crippen molar-refractivity contribution in [3.8, 4) is 0 Å². The maximum atomic E-state index is 13.8. The third-order valence-corrected chi connectivity index (χ3v) is 5.37. The van der Waals surface area contributed by atoms with Crippen molar-refractivity contribution in [3.05, 3.63) is 35.6 Å². The van der Waals surface area contributed by atoms with Gasteiger partial charge in [0.15, 0.2) is 0 Å². The second-order valence-electron chi connectivity index (χ2n) is 6.27. The van der Waals surface area contributed by atoms with Crippen molar-refractivity contribution in [2.24, 2.45) is 0 Å². The first-order valence-electron chi connectivity index (χ1n) is 7.92. The summed E-state index contributed by atoms with van der Waals surface area (Å²) in [6.07, 6.45) is 2.71. The van der Waals surface area contributed by atoms with Gasteiger partial charge in [0.05, 0.1) is 12.8 Å². The van der Waals surface area contributed by atoms with Crippen LogP contribution in [-0.2, 0) is 21.4 Å². The predicted octanol–water partition coefficient (Wildman–Crippen LogP) is 0.798. The molecule has 0 atom stereocenters. The number of amides is 1. The molecule has 0 radical (unpaired) electrons. The maximum absolute atomic E-state index is 13.8. The minimum Gasteiger partial charge on any atom is -0.352 e. The molecule has 1 aromatic carbocycles. The minimum absolute atomic E-state index is 0.0589. The Labute approximate surface area is 142 Å². The van der Waals surface area contributed by atoms with E-state index in [4.69, 9.17) is 0 Å². The highest BCUT2D eigenvalue weighted by Gasteiger charge is 2.24. The molecule has 1 heterocycles. The van der Waals surface area contributed by atoms with Crippen LogP contribution in [0.25, 0.3) is 0 Å². The Bertz CT molecular complexity index is 673. The van der Waals surface area contributed by atoms with E-state index >= 15 is 0 Å². The Balaban J connectivity index is 1.99.